The molecular formula is C27H32F2N6O2. The van der Waals surface area contributed by atoms with Gasteiger partial charge in [0, 0.05) is 61.5 Å². The Kier molecular flexibility index (Phi) is 7.04. The molecular weight excluding hydrogens is 478 g/mol. The Morgan fingerprint density at radius 2 is 1.89 bits per heavy atom. The SMILES string of the molecule is CC(C)n1c(=O)n(C)c2nnc3cc(F)c(-c4ccc([C@@H](C)OCCN5CCC(F)CC5)nc4)cc3c21. The van der Waals surface area contributed by atoms with E-state index in [0.29, 0.717) is 52.6 Å². The number of imidazole rings is 1. The third-order valence-corrected chi connectivity index (χ3v) is 7.18. The third-order valence-electron chi connectivity index (χ3n) is 7.18. The van der Waals surface area contributed by atoms with E-state index < -0.39 is 12.0 Å². The lowest BCUT2D eigenvalue weighted by Gasteiger charge is -2.28. The van der Waals surface area contributed by atoms with Crippen LogP contribution in [-0.4, -0.2) is 61.6 Å². The molecule has 0 N–H and O–H groups in total. The molecule has 1 saturated heterocycles. The molecule has 37 heavy (non-hydrogen) atoms. The molecule has 10 heteroatoms. The standard InChI is InChI=1S/C27H32F2N6O2/c1-16(2)35-25-21-13-20(22(29)14-24(21)31-32-26(25)33(4)27(35)36)18-5-6-23(30-15-18)17(3)37-12-11-34-9-7-19(28)8-10-34/h5-6,13-17,19H,7-12H2,1-4H3/t17-/m1/s1. The van der Waals surface area contributed by atoms with E-state index in [4.69, 9.17) is 4.74 Å². The van der Waals surface area contributed by atoms with Crippen LogP contribution >= 0.6 is 0 Å². The number of benzene rings is 1. The molecule has 1 atom stereocenters. The molecule has 1 aliphatic heterocycles. The predicted octanol–water partition coefficient (Wildman–Crippen LogP) is 4.58. The number of fused-ring (bicyclic) bond motifs is 3. The average Bonchev–Trinajstić information content (AvgIpc) is 3.15. The minimum atomic E-state index is -0.682. The van der Waals surface area contributed by atoms with Crippen molar-refractivity contribution in [3.05, 3.63) is 52.5 Å². The van der Waals surface area contributed by atoms with Gasteiger partial charge in [-0.1, -0.05) is 6.07 Å². The van der Waals surface area contributed by atoms with Gasteiger partial charge in [0.2, 0.25) is 0 Å². The van der Waals surface area contributed by atoms with Gasteiger partial charge < -0.3 is 9.64 Å². The molecule has 5 rings (SSSR count). The van der Waals surface area contributed by atoms with Crippen LogP contribution in [0.5, 0.6) is 0 Å². The molecule has 1 aromatic carbocycles. The zero-order valence-electron chi connectivity index (χ0n) is 21.6. The van der Waals surface area contributed by atoms with Crippen molar-refractivity contribution in [2.24, 2.45) is 7.05 Å². The van der Waals surface area contributed by atoms with Crippen molar-refractivity contribution in [1.82, 2.24) is 29.2 Å². The van der Waals surface area contributed by atoms with Gasteiger partial charge in [0.15, 0.2) is 5.65 Å². The highest BCUT2D eigenvalue weighted by atomic mass is 19.1. The summed E-state index contributed by atoms with van der Waals surface area (Å²) in [5, 5.41) is 9.01. The monoisotopic (exact) mass is 510 g/mol. The Labute approximate surface area is 213 Å². The Morgan fingerprint density at radius 1 is 1.14 bits per heavy atom. The van der Waals surface area contributed by atoms with Crippen LogP contribution in [0.1, 0.15) is 51.5 Å². The number of alkyl halides is 1. The van der Waals surface area contributed by atoms with Gasteiger partial charge in [-0.25, -0.2) is 13.6 Å². The number of nitrogens with zero attached hydrogens (tertiary/aromatic N) is 6. The van der Waals surface area contributed by atoms with Crippen LogP contribution in [0.15, 0.2) is 35.3 Å². The van der Waals surface area contributed by atoms with Crippen molar-refractivity contribution in [3.8, 4) is 11.1 Å². The fourth-order valence-corrected chi connectivity index (χ4v) is 4.99. The zero-order chi connectivity index (χ0) is 26.3. The maximum atomic E-state index is 15.2. The van der Waals surface area contributed by atoms with Crippen LogP contribution in [-0.2, 0) is 11.8 Å². The van der Waals surface area contributed by atoms with Crippen molar-refractivity contribution < 1.29 is 13.5 Å². The number of halogens is 2. The van der Waals surface area contributed by atoms with Gasteiger partial charge in [-0.05, 0) is 45.7 Å². The molecule has 4 aromatic rings. The number of ether oxygens (including phenoxy) is 1. The highest BCUT2D eigenvalue weighted by Gasteiger charge is 2.21. The van der Waals surface area contributed by atoms with Gasteiger partial charge in [0.05, 0.1) is 23.9 Å². The molecule has 4 heterocycles. The van der Waals surface area contributed by atoms with E-state index in [-0.39, 0.29) is 17.8 Å². The lowest BCUT2D eigenvalue weighted by atomic mass is 10.0. The molecule has 8 nitrogen and oxygen atoms in total. The first-order valence-corrected chi connectivity index (χ1v) is 12.8. The number of hydrogen-bond acceptors (Lipinski definition) is 6. The summed E-state index contributed by atoms with van der Waals surface area (Å²) in [6.07, 6.45) is 1.90. The van der Waals surface area contributed by atoms with E-state index in [1.165, 1.54) is 10.6 Å². The second kappa shape index (κ2) is 10.3. The average molecular weight is 511 g/mol. The van der Waals surface area contributed by atoms with Crippen LogP contribution in [0.3, 0.4) is 0 Å². The molecule has 1 aliphatic rings. The highest BCUT2D eigenvalue weighted by Crippen LogP contribution is 2.31. The Hall–Kier alpha value is -3.24. The topological polar surface area (TPSA) is 78.1 Å². The smallest absolute Gasteiger partial charge is 0.330 e. The van der Waals surface area contributed by atoms with Crippen LogP contribution in [0.4, 0.5) is 8.78 Å². The number of rotatable bonds is 7. The van der Waals surface area contributed by atoms with Crippen LogP contribution < -0.4 is 5.69 Å². The summed E-state index contributed by atoms with van der Waals surface area (Å²) in [6, 6.07) is 6.63. The first-order chi connectivity index (χ1) is 17.7. The van der Waals surface area contributed by atoms with E-state index in [9.17, 15) is 9.18 Å². The summed E-state index contributed by atoms with van der Waals surface area (Å²) < 4.78 is 37.5. The number of aromatic nitrogens is 5. The van der Waals surface area contributed by atoms with Crippen molar-refractivity contribution in [2.75, 3.05) is 26.2 Å². The maximum absolute atomic E-state index is 15.2. The Balaban J connectivity index is 1.39. The second-order valence-corrected chi connectivity index (χ2v) is 10.0. The maximum Gasteiger partial charge on any atom is 0.330 e. The van der Waals surface area contributed by atoms with E-state index in [2.05, 4.69) is 20.1 Å². The number of hydrogen-bond donors (Lipinski definition) is 0. The fourth-order valence-electron chi connectivity index (χ4n) is 4.99. The summed E-state index contributed by atoms with van der Waals surface area (Å²) in [6.45, 7) is 8.60. The molecule has 1 fully saturated rings. The molecule has 196 valence electrons. The Bertz CT molecular complexity index is 1470. The predicted molar refractivity (Wildman–Crippen MR) is 139 cm³/mol. The first-order valence-electron chi connectivity index (χ1n) is 12.8. The molecule has 0 saturated carbocycles. The van der Waals surface area contributed by atoms with Crippen LogP contribution in [0.25, 0.3) is 33.2 Å². The van der Waals surface area contributed by atoms with Crippen molar-refractivity contribution in [1.29, 1.82) is 0 Å². The van der Waals surface area contributed by atoms with Gasteiger partial charge >= 0.3 is 5.69 Å². The normalized spacial score (nSPS) is 16.3. The highest BCUT2D eigenvalue weighted by molar-refractivity contribution is 6.02. The van der Waals surface area contributed by atoms with Gasteiger partial charge in [-0.15, -0.1) is 10.2 Å². The van der Waals surface area contributed by atoms with Crippen LogP contribution in [0.2, 0.25) is 0 Å². The minimum absolute atomic E-state index is 0.102. The van der Waals surface area contributed by atoms with Crippen molar-refractivity contribution in [2.45, 2.75) is 51.9 Å². The second-order valence-electron chi connectivity index (χ2n) is 10.0. The van der Waals surface area contributed by atoms with Gasteiger partial charge in [0.1, 0.15) is 17.5 Å². The lowest BCUT2D eigenvalue weighted by Crippen LogP contribution is -2.36. The minimum Gasteiger partial charge on any atom is -0.371 e. The van der Waals surface area contributed by atoms with E-state index in [1.54, 1.807) is 23.9 Å². The van der Waals surface area contributed by atoms with E-state index in [1.807, 2.05) is 32.9 Å². The molecule has 0 amide bonds. The molecule has 0 spiro atoms. The third kappa shape index (κ3) is 4.87. The number of aryl methyl sites for hydroxylation is 1. The Morgan fingerprint density at radius 3 is 2.57 bits per heavy atom. The van der Waals surface area contributed by atoms with Crippen LogP contribution in [0, 0.1) is 5.82 Å². The molecule has 3 aromatic heterocycles. The first kappa shape index (κ1) is 25.4. The van der Waals surface area contributed by atoms with Gasteiger partial charge in [-0.2, -0.15) is 0 Å². The van der Waals surface area contributed by atoms with Gasteiger partial charge in [0.25, 0.3) is 0 Å². The lowest BCUT2D eigenvalue weighted by molar-refractivity contribution is 0.0363. The molecule has 0 bridgehead atoms. The fraction of sp³-hybridized carbons (Fsp3) is 0.481. The summed E-state index contributed by atoms with van der Waals surface area (Å²) in [5.74, 6) is -0.438. The summed E-state index contributed by atoms with van der Waals surface area (Å²) in [5.41, 5.74) is 3.02. The van der Waals surface area contributed by atoms with Crippen molar-refractivity contribution >= 4 is 22.1 Å². The van der Waals surface area contributed by atoms with Gasteiger partial charge in [-0.3, -0.25) is 14.1 Å². The number of likely N-dealkylation sites (tertiary alicyclic amines) is 1. The summed E-state index contributed by atoms with van der Waals surface area (Å²) >= 11 is 0. The van der Waals surface area contributed by atoms with Crippen molar-refractivity contribution in [3.63, 3.8) is 0 Å². The molecule has 0 radical (unpaired) electrons. The number of piperidine rings is 1. The van der Waals surface area contributed by atoms with E-state index in [0.717, 1.165) is 25.3 Å². The largest absolute Gasteiger partial charge is 0.371 e. The van der Waals surface area contributed by atoms with E-state index >= 15 is 4.39 Å². The molecule has 0 aliphatic carbocycles. The number of pyridine rings is 1. The quantitative estimate of drug-likeness (QED) is 0.362. The zero-order valence-corrected chi connectivity index (χ0v) is 21.6. The molecule has 0 unspecified atom stereocenters. The summed E-state index contributed by atoms with van der Waals surface area (Å²) in [7, 11) is 1.66. The summed E-state index contributed by atoms with van der Waals surface area (Å²) in [4.78, 5) is 19.6.